The number of benzene rings is 1. The fourth-order valence-corrected chi connectivity index (χ4v) is 3.16. The molecule has 0 spiro atoms. The van der Waals surface area contributed by atoms with Crippen molar-refractivity contribution in [3.8, 4) is 0 Å². The molecule has 3 rings (SSSR count). The summed E-state index contributed by atoms with van der Waals surface area (Å²) in [7, 11) is 0. The minimum absolute atomic E-state index is 0.0311. The molecule has 17 heavy (non-hydrogen) atoms. The molecule has 4 heteroatoms. The van der Waals surface area contributed by atoms with Gasteiger partial charge in [0, 0.05) is 4.70 Å². The van der Waals surface area contributed by atoms with Crippen molar-refractivity contribution in [2.75, 3.05) is 19.8 Å². The maximum Gasteiger partial charge on any atom is 0.100 e. The molecule has 1 aliphatic rings. The van der Waals surface area contributed by atoms with Gasteiger partial charge in [0.2, 0.25) is 0 Å². The van der Waals surface area contributed by atoms with E-state index in [1.165, 1.54) is 10.1 Å². The largest absolute Gasteiger partial charge is 0.376 e. The minimum Gasteiger partial charge on any atom is -0.376 e. The van der Waals surface area contributed by atoms with Gasteiger partial charge in [-0.05, 0) is 22.4 Å². The number of thiophene rings is 1. The molecule has 2 aromatic rings. The maximum absolute atomic E-state index is 6.30. The molecule has 2 heterocycles. The lowest BCUT2D eigenvalue weighted by molar-refractivity contribution is -0.0974. The fourth-order valence-electron chi connectivity index (χ4n) is 2.19. The van der Waals surface area contributed by atoms with Crippen LogP contribution in [0.4, 0.5) is 0 Å². The Morgan fingerprint density at radius 2 is 2.24 bits per heavy atom. The second kappa shape index (κ2) is 4.74. The Kier molecular flexibility index (Phi) is 3.11. The highest BCUT2D eigenvalue weighted by atomic mass is 32.1. The molecule has 2 atom stereocenters. The van der Waals surface area contributed by atoms with E-state index in [2.05, 4.69) is 23.6 Å². The standard InChI is InChI=1S/C13H15NO2S/c14-12(11-8-15-5-6-16-11)10-3-1-2-9-4-7-17-13(9)10/h1-4,7,11-12H,5-6,8,14H2. The van der Waals surface area contributed by atoms with Gasteiger partial charge in [0.1, 0.15) is 6.10 Å². The molecule has 2 N–H and O–H groups in total. The predicted octanol–water partition coefficient (Wildman–Crippen LogP) is 2.32. The molecule has 0 radical (unpaired) electrons. The van der Waals surface area contributed by atoms with E-state index >= 15 is 0 Å². The van der Waals surface area contributed by atoms with Crippen molar-refractivity contribution in [1.82, 2.24) is 0 Å². The second-order valence-electron chi connectivity index (χ2n) is 4.20. The lowest BCUT2D eigenvalue weighted by atomic mass is 10.0. The molecule has 3 nitrogen and oxygen atoms in total. The van der Waals surface area contributed by atoms with E-state index in [-0.39, 0.29) is 12.1 Å². The quantitative estimate of drug-likeness (QED) is 0.888. The van der Waals surface area contributed by atoms with Crippen LogP contribution in [0.1, 0.15) is 11.6 Å². The van der Waals surface area contributed by atoms with Crippen molar-refractivity contribution in [2.24, 2.45) is 5.73 Å². The van der Waals surface area contributed by atoms with Crippen LogP contribution >= 0.6 is 11.3 Å². The lowest BCUT2D eigenvalue weighted by Crippen LogP contribution is -2.37. The molecule has 1 saturated heterocycles. The number of rotatable bonds is 2. The molecule has 0 bridgehead atoms. The van der Waals surface area contributed by atoms with Crippen LogP contribution in [0.2, 0.25) is 0 Å². The van der Waals surface area contributed by atoms with Gasteiger partial charge in [0.15, 0.2) is 0 Å². The molecule has 90 valence electrons. The number of fused-ring (bicyclic) bond motifs is 1. The van der Waals surface area contributed by atoms with Crippen molar-refractivity contribution in [2.45, 2.75) is 12.1 Å². The lowest BCUT2D eigenvalue weighted by Gasteiger charge is -2.28. The molecule has 0 amide bonds. The van der Waals surface area contributed by atoms with Crippen molar-refractivity contribution in [3.63, 3.8) is 0 Å². The Labute approximate surface area is 104 Å². The maximum atomic E-state index is 6.30. The molecule has 1 aliphatic heterocycles. The molecule has 2 unspecified atom stereocenters. The first-order valence-corrected chi connectivity index (χ1v) is 6.65. The first-order valence-electron chi connectivity index (χ1n) is 5.77. The fraction of sp³-hybridized carbons (Fsp3) is 0.385. The van der Waals surface area contributed by atoms with Gasteiger partial charge in [-0.3, -0.25) is 0 Å². The number of hydrogen-bond donors (Lipinski definition) is 1. The van der Waals surface area contributed by atoms with Crippen molar-refractivity contribution in [1.29, 1.82) is 0 Å². The average molecular weight is 249 g/mol. The zero-order valence-corrected chi connectivity index (χ0v) is 10.3. The summed E-state index contributed by atoms with van der Waals surface area (Å²) in [6.45, 7) is 1.90. The summed E-state index contributed by atoms with van der Waals surface area (Å²) in [5, 5.41) is 3.35. The van der Waals surface area contributed by atoms with Gasteiger partial charge in [-0.2, -0.15) is 0 Å². The third-order valence-electron chi connectivity index (χ3n) is 3.11. The smallest absolute Gasteiger partial charge is 0.100 e. The van der Waals surface area contributed by atoms with Crippen LogP contribution in [-0.2, 0) is 9.47 Å². The topological polar surface area (TPSA) is 44.5 Å². The molecular weight excluding hydrogens is 234 g/mol. The SMILES string of the molecule is NC(c1cccc2ccsc12)C1COCCO1. The van der Waals surface area contributed by atoms with Crippen LogP contribution in [0.15, 0.2) is 29.6 Å². The van der Waals surface area contributed by atoms with Crippen LogP contribution in [0, 0.1) is 0 Å². The number of ether oxygens (including phenoxy) is 2. The Hall–Kier alpha value is -0.940. The third-order valence-corrected chi connectivity index (χ3v) is 4.09. The molecule has 0 saturated carbocycles. The Morgan fingerprint density at radius 1 is 1.29 bits per heavy atom. The number of hydrogen-bond acceptors (Lipinski definition) is 4. The van der Waals surface area contributed by atoms with E-state index in [4.69, 9.17) is 15.2 Å². The first kappa shape index (κ1) is 11.2. The van der Waals surface area contributed by atoms with Gasteiger partial charge >= 0.3 is 0 Å². The van der Waals surface area contributed by atoms with Crippen LogP contribution in [-0.4, -0.2) is 25.9 Å². The first-order chi connectivity index (χ1) is 8.36. The second-order valence-corrected chi connectivity index (χ2v) is 5.11. The van der Waals surface area contributed by atoms with Gasteiger partial charge in [0.05, 0.1) is 25.9 Å². The highest BCUT2D eigenvalue weighted by Gasteiger charge is 2.24. The summed E-state index contributed by atoms with van der Waals surface area (Å²) in [6, 6.07) is 8.25. The van der Waals surface area contributed by atoms with Crippen LogP contribution in [0.3, 0.4) is 0 Å². The van der Waals surface area contributed by atoms with E-state index in [1.807, 2.05) is 6.07 Å². The predicted molar refractivity (Wildman–Crippen MR) is 69.3 cm³/mol. The summed E-state index contributed by atoms with van der Waals surface area (Å²) in [6.07, 6.45) is -0.0311. The summed E-state index contributed by atoms with van der Waals surface area (Å²) in [5.41, 5.74) is 7.46. The molecular formula is C13H15NO2S. The van der Waals surface area contributed by atoms with Crippen molar-refractivity contribution < 1.29 is 9.47 Å². The molecule has 1 fully saturated rings. The third kappa shape index (κ3) is 2.09. The molecule has 1 aromatic carbocycles. The monoisotopic (exact) mass is 249 g/mol. The zero-order chi connectivity index (χ0) is 11.7. The van der Waals surface area contributed by atoms with E-state index in [1.54, 1.807) is 11.3 Å². The van der Waals surface area contributed by atoms with E-state index in [9.17, 15) is 0 Å². The highest BCUT2D eigenvalue weighted by molar-refractivity contribution is 7.17. The summed E-state index contributed by atoms with van der Waals surface area (Å²) in [4.78, 5) is 0. The van der Waals surface area contributed by atoms with Crippen molar-refractivity contribution in [3.05, 3.63) is 35.2 Å². The van der Waals surface area contributed by atoms with Crippen LogP contribution in [0.25, 0.3) is 10.1 Å². The van der Waals surface area contributed by atoms with Gasteiger partial charge in [-0.1, -0.05) is 18.2 Å². The summed E-state index contributed by atoms with van der Waals surface area (Å²) < 4.78 is 12.3. The Bertz CT molecular complexity index is 505. The van der Waals surface area contributed by atoms with E-state index in [0.717, 1.165) is 5.56 Å². The minimum atomic E-state index is -0.113. The van der Waals surface area contributed by atoms with Gasteiger partial charge in [0.25, 0.3) is 0 Å². The normalized spacial score (nSPS) is 22.8. The van der Waals surface area contributed by atoms with Crippen molar-refractivity contribution >= 4 is 21.4 Å². The Morgan fingerprint density at radius 3 is 3.06 bits per heavy atom. The average Bonchev–Trinajstić information content (AvgIpc) is 2.87. The summed E-state index contributed by atoms with van der Waals surface area (Å²) >= 11 is 1.73. The Balaban J connectivity index is 1.94. The number of nitrogens with two attached hydrogens (primary N) is 1. The van der Waals surface area contributed by atoms with E-state index in [0.29, 0.717) is 19.8 Å². The highest BCUT2D eigenvalue weighted by Crippen LogP contribution is 2.30. The van der Waals surface area contributed by atoms with Gasteiger partial charge in [-0.15, -0.1) is 11.3 Å². The zero-order valence-electron chi connectivity index (χ0n) is 9.46. The summed E-state index contributed by atoms with van der Waals surface area (Å²) in [5.74, 6) is 0. The van der Waals surface area contributed by atoms with Crippen LogP contribution < -0.4 is 5.73 Å². The molecule has 0 aliphatic carbocycles. The van der Waals surface area contributed by atoms with Gasteiger partial charge in [-0.25, -0.2) is 0 Å². The van der Waals surface area contributed by atoms with E-state index < -0.39 is 0 Å². The molecule has 1 aromatic heterocycles. The van der Waals surface area contributed by atoms with Crippen LogP contribution in [0.5, 0.6) is 0 Å². The van der Waals surface area contributed by atoms with Gasteiger partial charge < -0.3 is 15.2 Å².